The van der Waals surface area contributed by atoms with E-state index in [9.17, 15) is 45.6 Å². The molecule has 232 valence electrons. The minimum absolute atomic E-state index is 0.0369. The van der Waals surface area contributed by atoms with E-state index in [-0.39, 0.29) is 38.2 Å². The summed E-state index contributed by atoms with van der Waals surface area (Å²) in [6.45, 7) is 3.00. The first-order valence-corrected chi connectivity index (χ1v) is 14.9. The minimum Gasteiger partial charge on any atom is -0.458 e. The predicted molar refractivity (Wildman–Crippen MR) is 139 cm³/mol. The fourth-order valence-electron chi connectivity index (χ4n) is 10.1. The largest absolute Gasteiger partial charge is 0.458 e. The lowest BCUT2D eigenvalue weighted by Gasteiger charge is -2.68. The van der Waals surface area contributed by atoms with Crippen molar-refractivity contribution in [3.63, 3.8) is 0 Å². The van der Waals surface area contributed by atoms with Gasteiger partial charge >= 0.3 is 5.97 Å². The molecule has 0 unspecified atom stereocenters. The molecule has 4 aliphatic carbocycles. The Kier molecular flexibility index (Phi) is 7.22. The maximum atomic E-state index is 12.4. The number of hydrogen-bond acceptors (Lipinski definition) is 12. The average Bonchev–Trinajstić information content (AvgIpc) is 3.45. The van der Waals surface area contributed by atoms with Crippen molar-refractivity contribution >= 4 is 5.97 Å². The summed E-state index contributed by atoms with van der Waals surface area (Å²) in [7, 11) is 0. The number of aliphatic hydroxyl groups is 8. The predicted octanol–water partition coefficient (Wildman–Crippen LogP) is -1.51. The first-order valence-electron chi connectivity index (χ1n) is 14.9. The minimum atomic E-state index is -1.67. The van der Waals surface area contributed by atoms with Crippen LogP contribution < -0.4 is 0 Å². The number of esters is 1. The smallest absolute Gasteiger partial charge is 0.331 e. The van der Waals surface area contributed by atoms with Gasteiger partial charge < -0.3 is 55.1 Å². The van der Waals surface area contributed by atoms with Gasteiger partial charge in [-0.25, -0.2) is 4.79 Å². The summed E-state index contributed by atoms with van der Waals surface area (Å²) >= 11 is 0. The molecule has 6 aliphatic rings. The highest BCUT2D eigenvalue weighted by Gasteiger charge is 2.75. The van der Waals surface area contributed by atoms with Gasteiger partial charge in [0.1, 0.15) is 24.9 Å². The molecule has 12 nitrogen and oxygen atoms in total. The second-order valence-electron chi connectivity index (χ2n) is 13.8. The highest BCUT2D eigenvalue weighted by atomic mass is 16.7. The molecule has 0 amide bonds. The van der Waals surface area contributed by atoms with Gasteiger partial charge in [0.25, 0.3) is 0 Å². The van der Waals surface area contributed by atoms with Crippen LogP contribution in [-0.2, 0) is 19.0 Å². The third-order valence-corrected chi connectivity index (χ3v) is 12.2. The molecule has 5 fully saturated rings. The van der Waals surface area contributed by atoms with Crippen LogP contribution in [0.5, 0.6) is 0 Å². The zero-order valence-corrected chi connectivity index (χ0v) is 23.5. The monoisotopic (exact) mass is 584 g/mol. The van der Waals surface area contributed by atoms with Gasteiger partial charge in [0.05, 0.1) is 47.6 Å². The van der Waals surface area contributed by atoms with E-state index in [0.29, 0.717) is 19.3 Å². The van der Waals surface area contributed by atoms with Crippen LogP contribution in [0.1, 0.15) is 58.8 Å². The van der Waals surface area contributed by atoms with Crippen molar-refractivity contribution in [3.05, 3.63) is 11.6 Å². The summed E-state index contributed by atoms with van der Waals surface area (Å²) in [5.41, 5.74) is -4.46. The van der Waals surface area contributed by atoms with Crippen LogP contribution in [0.15, 0.2) is 11.6 Å². The van der Waals surface area contributed by atoms with Crippen LogP contribution in [0.25, 0.3) is 0 Å². The number of carbonyl (C=O) groups is 1. The van der Waals surface area contributed by atoms with Gasteiger partial charge in [-0.15, -0.1) is 0 Å². The summed E-state index contributed by atoms with van der Waals surface area (Å²) in [6, 6.07) is 0. The molecule has 15 atom stereocenters. The first kappa shape index (κ1) is 29.9. The molecule has 0 aromatic carbocycles. The highest BCUT2D eigenvalue weighted by Crippen LogP contribution is 2.70. The molecule has 6 rings (SSSR count). The number of carbonyl (C=O) groups excluding carboxylic acids is 1. The number of ether oxygens (including phenoxy) is 3. The van der Waals surface area contributed by atoms with Crippen LogP contribution >= 0.6 is 0 Å². The summed E-state index contributed by atoms with van der Waals surface area (Å²) < 4.78 is 16.7. The third-order valence-electron chi connectivity index (χ3n) is 12.2. The van der Waals surface area contributed by atoms with Crippen LogP contribution in [0, 0.1) is 28.6 Å². The summed E-state index contributed by atoms with van der Waals surface area (Å²) in [5, 5.41) is 89.6. The molecule has 2 heterocycles. The summed E-state index contributed by atoms with van der Waals surface area (Å²) in [4.78, 5) is 11.8. The molecule has 2 aliphatic heterocycles. The van der Waals surface area contributed by atoms with Gasteiger partial charge in [-0.3, -0.25) is 0 Å². The summed E-state index contributed by atoms with van der Waals surface area (Å²) in [5.74, 6) is -1.93. The van der Waals surface area contributed by atoms with Gasteiger partial charge in [-0.1, -0.05) is 6.92 Å². The fraction of sp³-hybridized carbons (Fsp3) is 0.897. The molecule has 0 aromatic heterocycles. The molecular formula is C29H44O12. The molecule has 41 heavy (non-hydrogen) atoms. The number of rotatable bonds is 4. The van der Waals surface area contributed by atoms with Crippen molar-refractivity contribution in [1.29, 1.82) is 0 Å². The number of hydrogen-bond donors (Lipinski definition) is 8. The van der Waals surface area contributed by atoms with E-state index in [0.717, 1.165) is 5.57 Å². The number of cyclic esters (lactones) is 1. The maximum absolute atomic E-state index is 12.4. The summed E-state index contributed by atoms with van der Waals surface area (Å²) in [6.07, 6.45) is -6.68. The van der Waals surface area contributed by atoms with Crippen molar-refractivity contribution in [3.8, 4) is 0 Å². The number of fused-ring (bicyclic) bond motifs is 5. The highest BCUT2D eigenvalue weighted by molar-refractivity contribution is 5.85. The van der Waals surface area contributed by atoms with Crippen molar-refractivity contribution in [1.82, 2.24) is 0 Å². The van der Waals surface area contributed by atoms with Crippen molar-refractivity contribution < 1.29 is 59.9 Å². The van der Waals surface area contributed by atoms with Gasteiger partial charge in [0, 0.05) is 30.3 Å². The van der Waals surface area contributed by atoms with E-state index in [4.69, 9.17) is 14.2 Å². The van der Waals surface area contributed by atoms with E-state index in [2.05, 4.69) is 0 Å². The molecule has 0 spiro atoms. The lowest BCUT2D eigenvalue weighted by atomic mass is 9.40. The quantitative estimate of drug-likeness (QED) is 0.140. The van der Waals surface area contributed by atoms with E-state index in [1.54, 1.807) is 0 Å². The Morgan fingerprint density at radius 3 is 2.41 bits per heavy atom. The molecule has 4 saturated carbocycles. The Morgan fingerprint density at radius 1 is 1.02 bits per heavy atom. The SMILES string of the molecule is C[C@@H]1O[C@@H](O[C@H]2C[C@@H](O)[C@]3(CO)[C@H]4[C@H](O)C[C@]5(C)[C@H](C6=CC(=O)OC6)CC[C@]5(O)[C@@H]4CC[C@]3(O)C2)[C@H](O)[C@H](O)[C@H]1O. The Hall–Kier alpha value is -1.19. The second-order valence-corrected chi connectivity index (χ2v) is 13.8. The Labute approximate surface area is 238 Å². The normalized spacial score (nSPS) is 56.9. The van der Waals surface area contributed by atoms with Gasteiger partial charge in [0.2, 0.25) is 0 Å². The van der Waals surface area contributed by atoms with E-state index in [1.165, 1.54) is 13.0 Å². The van der Waals surface area contributed by atoms with Crippen LogP contribution in [0.2, 0.25) is 0 Å². The second kappa shape index (κ2) is 9.91. The van der Waals surface area contributed by atoms with Crippen LogP contribution in [0.3, 0.4) is 0 Å². The zero-order chi connectivity index (χ0) is 29.7. The van der Waals surface area contributed by atoms with E-state index in [1.807, 2.05) is 6.92 Å². The van der Waals surface area contributed by atoms with Crippen molar-refractivity contribution in [2.45, 2.75) is 119 Å². The zero-order valence-electron chi connectivity index (χ0n) is 23.5. The molecule has 1 saturated heterocycles. The van der Waals surface area contributed by atoms with E-state index >= 15 is 0 Å². The van der Waals surface area contributed by atoms with Crippen LogP contribution in [-0.4, -0.2) is 120 Å². The lowest BCUT2D eigenvalue weighted by Crippen LogP contribution is -2.76. The first-order chi connectivity index (χ1) is 19.2. The topological polar surface area (TPSA) is 207 Å². The number of aliphatic hydroxyl groups excluding tert-OH is 6. The van der Waals surface area contributed by atoms with Crippen LogP contribution in [0.4, 0.5) is 0 Å². The average molecular weight is 585 g/mol. The Morgan fingerprint density at radius 2 is 1.76 bits per heavy atom. The molecular weight excluding hydrogens is 540 g/mol. The lowest BCUT2D eigenvalue weighted by molar-refractivity contribution is -0.342. The van der Waals surface area contributed by atoms with Crippen molar-refractivity contribution in [2.75, 3.05) is 13.2 Å². The Balaban J connectivity index is 1.28. The maximum Gasteiger partial charge on any atom is 0.331 e. The molecule has 12 heteroatoms. The molecule has 8 N–H and O–H groups in total. The molecule has 0 bridgehead atoms. The van der Waals surface area contributed by atoms with Gasteiger partial charge in [-0.05, 0) is 56.4 Å². The van der Waals surface area contributed by atoms with E-state index < -0.39 is 95.5 Å². The fourth-order valence-corrected chi connectivity index (χ4v) is 10.1. The van der Waals surface area contributed by atoms with Gasteiger partial charge in [-0.2, -0.15) is 0 Å². The molecule has 0 aromatic rings. The van der Waals surface area contributed by atoms with Crippen molar-refractivity contribution in [2.24, 2.45) is 28.6 Å². The molecule has 0 radical (unpaired) electrons. The standard InChI is InChI=1S/C29H44O12/c1-13-22(34)23(35)24(36)25(40-13)41-15-8-19(32)28(12-30)21-17(3-5-27(28,37)9-15)29(38)6-4-16(14-7-20(33)39-11-14)26(29,2)10-18(21)31/h7,13,15-19,21-25,30-32,34-38H,3-6,8-12H2,1-2H3/t13-,15-,16-,17+,18+,19+,21+,22-,23+,24+,25-,26+,27-,28+,29-/m0/s1. The van der Waals surface area contributed by atoms with Gasteiger partial charge in [0.15, 0.2) is 6.29 Å². The Bertz CT molecular complexity index is 1080. The third kappa shape index (κ3) is 3.99.